The molecule has 0 radical (unpaired) electrons. The summed E-state index contributed by atoms with van der Waals surface area (Å²) < 4.78 is 0. The molecule has 1 aromatic rings. The van der Waals surface area contributed by atoms with Crippen molar-refractivity contribution in [2.24, 2.45) is 5.92 Å². The molecule has 6 heteroatoms. The number of anilines is 1. The van der Waals surface area contributed by atoms with Crippen molar-refractivity contribution in [1.82, 2.24) is 4.90 Å². The maximum Gasteiger partial charge on any atom is 0.225 e. The van der Waals surface area contributed by atoms with Gasteiger partial charge >= 0.3 is 0 Å². The van der Waals surface area contributed by atoms with E-state index in [-0.39, 0.29) is 12.0 Å². The van der Waals surface area contributed by atoms with Crippen molar-refractivity contribution >= 4 is 23.2 Å². The molecule has 3 rings (SSSR count). The highest BCUT2D eigenvalue weighted by Crippen LogP contribution is 2.34. The minimum Gasteiger partial charge on any atom is -0.393 e. The summed E-state index contributed by atoms with van der Waals surface area (Å²) in [6, 6.07) is 7.33. The number of halogens is 1. The summed E-state index contributed by atoms with van der Waals surface area (Å²) in [5, 5.41) is 22.6. The molecule has 1 saturated heterocycles. The molecule has 1 heterocycles. The van der Waals surface area contributed by atoms with E-state index in [4.69, 9.17) is 16.9 Å². The molecule has 146 valence electrons. The van der Waals surface area contributed by atoms with Gasteiger partial charge in [-0.2, -0.15) is 5.26 Å². The van der Waals surface area contributed by atoms with E-state index in [2.05, 4.69) is 10.2 Å². The number of hydrogen-bond donors (Lipinski definition) is 2. The molecule has 1 aliphatic heterocycles. The van der Waals surface area contributed by atoms with Crippen molar-refractivity contribution < 1.29 is 9.90 Å². The van der Waals surface area contributed by atoms with Crippen LogP contribution in [0, 0.1) is 17.2 Å². The van der Waals surface area contributed by atoms with Crippen LogP contribution in [0.1, 0.15) is 56.9 Å². The average molecular weight is 390 g/mol. The molecule has 3 atom stereocenters. The van der Waals surface area contributed by atoms with E-state index in [0.717, 1.165) is 38.6 Å². The Bertz CT molecular complexity index is 703. The first-order valence-corrected chi connectivity index (χ1v) is 10.4. The number of piperidine rings is 1. The van der Waals surface area contributed by atoms with Crippen LogP contribution in [-0.2, 0) is 4.79 Å². The van der Waals surface area contributed by atoms with Gasteiger partial charge in [-0.05, 0) is 50.4 Å². The first-order chi connectivity index (χ1) is 13.1. The number of amides is 1. The molecule has 2 fully saturated rings. The second-order valence-electron chi connectivity index (χ2n) is 7.72. The van der Waals surface area contributed by atoms with Crippen molar-refractivity contribution in [2.75, 3.05) is 18.4 Å². The summed E-state index contributed by atoms with van der Waals surface area (Å²) in [7, 11) is 0. The molecule has 3 unspecified atom stereocenters. The van der Waals surface area contributed by atoms with Crippen molar-refractivity contribution in [3.05, 3.63) is 28.8 Å². The molecule has 5 nitrogen and oxygen atoms in total. The highest BCUT2D eigenvalue weighted by molar-refractivity contribution is 6.32. The molecular formula is C21H28ClN3O2. The van der Waals surface area contributed by atoms with Crippen LogP contribution in [0.3, 0.4) is 0 Å². The monoisotopic (exact) mass is 389 g/mol. The zero-order valence-corrected chi connectivity index (χ0v) is 16.4. The van der Waals surface area contributed by atoms with Crippen molar-refractivity contribution in [2.45, 2.75) is 63.5 Å². The summed E-state index contributed by atoms with van der Waals surface area (Å²) in [5.41, 5.74) is 1.01. The van der Waals surface area contributed by atoms with Gasteiger partial charge in [0, 0.05) is 30.6 Å². The van der Waals surface area contributed by atoms with Crippen LogP contribution < -0.4 is 5.32 Å². The van der Waals surface area contributed by atoms with Crippen LogP contribution in [-0.4, -0.2) is 41.1 Å². The summed E-state index contributed by atoms with van der Waals surface area (Å²) in [6.45, 7) is 1.72. The Hall–Kier alpha value is -1.61. The number of rotatable bonds is 5. The van der Waals surface area contributed by atoms with E-state index in [1.807, 2.05) is 6.07 Å². The van der Waals surface area contributed by atoms with Gasteiger partial charge in [-0.1, -0.05) is 30.9 Å². The standard InChI is InChI=1S/C21H28ClN3O2/c22-18-13-16(9-8-15(18)14-23)24-21(27)10-12-25-11-4-3-6-19(25)17-5-1-2-7-20(17)26/h8-9,13,17,19-20,26H,1-7,10-12H2,(H,24,27). The number of carbonyl (C=O) groups is 1. The fourth-order valence-corrected chi connectivity index (χ4v) is 4.74. The van der Waals surface area contributed by atoms with Crippen LogP contribution in [0.2, 0.25) is 5.02 Å². The third-order valence-electron chi connectivity index (χ3n) is 5.94. The number of nitrogens with zero attached hydrogens (tertiary/aromatic N) is 2. The second kappa shape index (κ2) is 9.54. The van der Waals surface area contributed by atoms with Crippen molar-refractivity contribution in [1.29, 1.82) is 5.26 Å². The number of hydrogen-bond acceptors (Lipinski definition) is 4. The fraction of sp³-hybridized carbons (Fsp3) is 0.619. The van der Waals surface area contributed by atoms with Gasteiger partial charge in [0.25, 0.3) is 0 Å². The molecule has 1 aliphatic carbocycles. The Labute approximate surface area is 166 Å². The van der Waals surface area contributed by atoms with E-state index < -0.39 is 0 Å². The summed E-state index contributed by atoms with van der Waals surface area (Å²) >= 11 is 6.02. The molecule has 0 spiro atoms. The summed E-state index contributed by atoms with van der Waals surface area (Å²) in [4.78, 5) is 14.8. The third-order valence-corrected chi connectivity index (χ3v) is 6.25. The molecule has 0 bridgehead atoms. The Morgan fingerprint density at radius 1 is 1.26 bits per heavy atom. The van der Waals surface area contributed by atoms with Gasteiger partial charge in [0.15, 0.2) is 0 Å². The van der Waals surface area contributed by atoms with Crippen LogP contribution in [0.4, 0.5) is 5.69 Å². The van der Waals surface area contributed by atoms with E-state index in [0.29, 0.717) is 41.2 Å². The fourth-order valence-electron chi connectivity index (χ4n) is 4.52. The highest BCUT2D eigenvalue weighted by Gasteiger charge is 2.35. The van der Waals surface area contributed by atoms with E-state index >= 15 is 0 Å². The summed E-state index contributed by atoms with van der Waals surface area (Å²) in [6.07, 6.45) is 8.04. The number of nitriles is 1. The van der Waals surface area contributed by atoms with Crippen molar-refractivity contribution in [3.8, 4) is 6.07 Å². The lowest BCUT2D eigenvalue weighted by atomic mass is 9.78. The van der Waals surface area contributed by atoms with Gasteiger partial charge < -0.3 is 10.4 Å². The number of aliphatic hydroxyl groups excluding tert-OH is 1. The molecule has 2 aliphatic rings. The Morgan fingerprint density at radius 3 is 2.78 bits per heavy atom. The normalized spacial score (nSPS) is 26.3. The van der Waals surface area contributed by atoms with Gasteiger partial charge in [0.05, 0.1) is 16.7 Å². The van der Waals surface area contributed by atoms with E-state index in [1.54, 1.807) is 18.2 Å². The van der Waals surface area contributed by atoms with E-state index in [9.17, 15) is 9.90 Å². The molecule has 2 N–H and O–H groups in total. The largest absolute Gasteiger partial charge is 0.393 e. The molecule has 1 saturated carbocycles. The number of benzene rings is 1. The van der Waals surface area contributed by atoms with Crippen molar-refractivity contribution in [3.63, 3.8) is 0 Å². The molecule has 27 heavy (non-hydrogen) atoms. The lowest BCUT2D eigenvalue weighted by Gasteiger charge is -2.43. The van der Waals surface area contributed by atoms with Gasteiger partial charge in [-0.25, -0.2) is 0 Å². The minimum atomic E-state index is -0.195. The van der Waals surface area contributed by atoms with Gasteiger partial charge in [0.1, 0.15) is 6.07 Å². The summed E-state index contributed by atoms with van der Waals surface area (Å²) in [5.74, 6) is 0.295. The molecule has 1 aromatic carbocycles. The third kappa shape index (κ3) is 5.22. The van der Waals surface area contributed by atoms with Gasteiger partial charge in [0.2, 0.25) is 5.91 Å². The number of nitrogens with one attached hydrogen (secondary N) is 1. The topological polar surface area (TPSA) is 76.4 Å². The first-order valence-electron chi connectivity index (χ1n) is 10.00. The second-order valence-corrected chi connectivity index (χ2v) is 8.13. The minimum absolute atomic E-state index is 0.0516. The predicted molar refractivity (Wildman–Crippen MR) is 107 cm³/mol. The number of likely N-dealkylation sites (tertiary alicyclic amines) is 1. The predicted octanol–water partition coefficient (Wildman–Crippen LogP) is 3.95. The van der Waals surface area contributed by atoms with Gasteiger partial charge in [-0.3, -0.25) is 9.69 Å². The maximum atomic E-state index is 12.4. The lowest BCUT2D eigenvalue weighted by Crippen LogP contribution is -2.49. The van der Waals surface area contributed by atoms with Crippen LogP contribution >= 0.6 is 11.6 Å². The SMILES string of the molecule is N#Cc1ccc(NC(=O)CCN2CCCCC2C2CCCCC2O)cc1Cl. The Morgan fingerprint density at radius 2 is 2.04 bits per heavy atom. The maximum absolute atomic E-state index is 12.4. The molecular weight excluding hydrogens is 362 g/mol. The Kier molecular flexibility index (Phi) is 7.12. The Balaban J connectivity index is 1.55. The average Bonchev–Trinajstić information content (AvgIpc) is 2.67. The molecule has 0 aromatic heterocycles. The first kappa shape index (κ1) is 20.1. The lowest BCUT2D eigenvalue weighted by molar-refractivity contribution is -0.116. The quantitative estimate of drug-likeness (QED) is 0.799. The zero-order valence-electron chi connectivity index (χ0n) is 15.7. The molecule has 1 amide bonds. The number of carbonyl (C=O) groups excluding carboxylic acids is 1. The van der Waals surface area contributed by atoms with Crippen LogP contribution in [0.25, 0.3) is 0 Å². The highest BCUT2D eigenvalue weighted by atomic mass is 35.5. The van der Waals surface area contributed by atoms with Crippen LogP contribution in [0.5, 0.6) is 0 Å². The smallest absolute Gasteiger partial charge is 0.225 e. The zero-order chi connectivity index (χ0) is 19.2. The van der Waals surface area contributed by atoms with E-state index in [1.165, 1.54) is 12.8 Å². The van der Waals surface area contributed by atoms with Gasteiger partial charge in [-0.15, -0.1) is 0 Å². The van der Waals surface area contributed by atoms with Crippen LogP contribution in [0.15, 0.2) is 18.2 Å². The number of aliphatic hydroxyl groups is 1.